The van der Waals surface area contributed by atoms with E-state index in [1.165, 1.54) is 5.56 Å². The highest BCUT2D eigenvalue weighted by Crippen LogP contribution is 2.23. The molecule has 0 spiro atoms. The van der Waals surface area contributed by atoms with E-state index in [4.69, 9.17) is 9.47 Å². The number of halogens is 1. The Morgan fingerprint density at radius 2 is 2.06 bits per heavy atom. The molecular weight excluding hydrogens is 288 g/mol. The van der Waals surface area contributed by atoms with E-state index >= 15 is 0 Å². The predicted molar refractivity (Wildman–Crippen MR) is 69.3 cm³/mol. The van der Waals surface area contributed by atoms with Crippen LogP contribution in [-0.4, -0.2) is 7.11 Å². The number of hydrogen-bond donors (Lipinski definition) is 0. The molecule has 1 aromatic carbocycles. The van der Waals surface area contributed by atoms with Gasteiger partial charge in [0.1, 0.15) is 18.1 Å². The summed E-state index contributed by atoms with van der Waals surface area (Å²) in [5.41, 5.74) is 1.17. The second-order valence-corrected chi connectivity index (χ2v) is 5.52. The molecule has 84 valence electrons. The summed E-state index contributed by atoms with van der Waals surface area (Å²) in [5, 5.41) is 2.07. The van der Waals surface area contributed by atoms with Crippen molar-refractivity contribution in [3.8, 4) is 11.5 Å². The lowest BCUT2D eigenvalue weighted by molar-refractivity contribution is 0.304. The minimum absolute atomic E-state index is 0.579. The summed E-state index contributed by atoms with van der Waals surface area (Å²) >= 11 is 5.08. The molecule has 16 heavy (non-hydrogen) atoms. The van der Waals surface area contributed by atoms with Crippen LogP contribution in [0.4, 0.5) is 0 Å². The van der Waals surface area contributed by atoms with E-state index in [2.05, 4.69) is 27.4 Å². The second-order valence-electron chi connectivity index (χ2n) is 3.23. The molecule has 2 rings (SSSR count). The number of rotatable bonds is 4. The van der Waals surface area contributed by atoms with Crippen molar-refractivity contribution in [3.63, 3.8) is 0 Å². The van der Waals surface area contributed by atoms with Gasteiger partial charge in [-0.3, -0.25) is 0 Å². The summed E-state index contributed by atoms with van der Waals surface area (Å²) in [6.45, 7) is 0.579. The third kappa shape index (κ3) is 3.00. The van der Waals surface area contributed by atoms with Crippen LogP contribution in [0.2, 0.25) is 0 Å². The molecule has 0 N–H and O–H groups in total. The maximum atomic E-state index is 5.65. The molecule has 0 radical (unpaired) electrons. The van der Waals surface area contributed by atoms with Gasteiger partial charge in [0.2, 0.25) is 0 Å². The number of methoxy groups -OCH3 is 1. The topological polar surface area (TPSA) is 18.5 Å². The first-order valence-electron chi connectivity index (χ1n) is 4.77. The standard InChI is InChI=1S/C12H11BrO2S/c1-14-10-3-2-4-11(6-10)15-7-9-5-12(13)16-8-9/h2-6,8H,7H2,1H3. The van der Waals surface area contributed by atoms with Gasteiger partial charge in [-0.15, -0.1) is 11.3 Å². The Bertz CT molecular complexity index is 468. The smallest absolute Gasteiger partial charge is 0.123 e. The largest absolute Gasteiger partial charge is 0.497 e. The van der Waals surface area contributed by atoms with Crippen molar-refractivity contribution in [2.75, 3.05) is 7.11 Å². The van der Waals surface area contributed by atoms with Crippen LogP contribution in [0.1, 0.15) is 5.56 Å². The zero-order valence-corrected chi connectivity index (χ0v) is 11.2. The fourth-order valence-electron chi connectivity index (χ4n) is 1.28. The van der Waals surface area contributed by atoms with Crippen molar-refractivity contribution >= 4 is 27.3 Å². The Kier molecular flexibility index (Phi) is 3.85. The van der Waals surface area contributed by atoms with E-state index in [1.54, 1.807) is 18.4 Å². The first-order valence-corrected chi connectivity index (χ1v) is 6.45. The lowest BCUT2D eigenvalue weighted by Gasteiger charge is -2.06. The number of hydrogen-bond acceptors (Lipinski definition) is 3. The lowest BCUT2D eigenvalue weighted by Crippen LogP contribution is -1.93. The van der Waals surface area contributed by atoms with E-state index < -0.39 is 0 Å². The maximum Gasteiger partial charge on any atom is 0.123 e. The van der Waals surface area contributed by atoms with Crippen molar-refractivity contribution < 1.29 is 9.47 Å². The molecule has 1 heterocycles. The van der Waals surface area contributed by atoms with Gasteiger partial charge in [-0.25, -0.2) is 0 Å². The zero-order chi connectivity index (χ0) is 11.4. The normalized spacial score (nSPS) is 10.1. The Morgan fingerprint density at radius 3 is 2.75 bits per heavy atom. The quantitative estimate of drug-likeness (QED) is 0.846. The maximum absolute atomic E-state index is 5.65. The van der Waals surface area contributed by atoms with Crippen molar-refractivity contribution in [3.05, 3.63) is 45.1 Å². The summed E-state index contributed by atoms with van der Waals surface area (Å²) in [7, 11) is 1.65. The fraction of sp³-hybridized carbons (Fsp3) is 0.167. The summed E-state index contributed by atoms with van der Waals surface area (Å²) in [6, 6.07) is 9.67. The molecule has 0 aliphatic carbocycles. The molecule has 2 nitrogen and oxygen atoms in total. The van der Waals surface area contributed by atoms with E-state index in [0.29, 0.717) is 6.61 Å². The number of thiophene rings is 1. The molecule has 0 saturated carbocycles. The average Bonchev–Trinajstić information content (AvgIpc) is 2.73. The summed E-state index contributed by atoms with van der Waals surface area (Å²) in [5.74, 6) is 1.63. The first-order chi connectivity index (χ1) is 7.78. The van der Waals surface area contributed by atoms with E-state index in [0.717, 1.165) is 15.3 Å². The fourth-order valence-corrected chi connectivity index (χ4v) is 2.47. The Hall–Kier alpha value is -1.00. The van der Waals surface area contributed by atoms with Crippen LogP contribution in [-0.2, 0) is 6.61 Å². The summed E-state index contributed by atoms with van der Waals surface area (Å²) < 4.78 is 11.9. The number of benzene rings is 1. The van der Waals surface area contributed by atoms with Crippen molar-refractivity contribution in [2.24, 2.45) is 0 Å². The Morgan fingerprint density at radius 1 is 1.25 bits per heavy atom. The van der Waals surface area contributed by atoms with E-state index in [1.807, 2.05) is 24.3 Å². The molecule has 0 bridgehead atoms. The summed E-state index contributed by atoms with van der Waals surface area (Å²) in [6.07, 6.45) is 0. The molecule has 0 unspecified atom stereocenters. The Labute approximate surface area is 107 Å². The monoisotopic (exact) mass is 298 g/mol. The van der Waals surface area contributed by atoms with Gasteiger partial charge >= 0.3 is 0 Å². The molecule has 0 aliphatic heterocycles. The van der Waals surface area contributed by atoms with Crippen LogP contribution in [0.15, 0.2) is 39.5 Å². The van der Waals surface area contributed by atoms with Crippen molar-refractivity contribution in [1.29, 1.82) is 0 Å². The first kappa shape index (κ1) is 11.5. The van der Waals surface area contributed by atoms with Crippen LogP contribution in [0.25, 0.3) is 0 Å². The third-order valence-corrected chi connectivity index (χ3v) is 3.62. The third-order valence-electron chi connectivity index (χ3n) is 2.07. The second kappa shape index (κ2) is 5.37. The summed E-state index contributed by atoms with van der Waals surface area (Å²) in [4.78, 5) is 0. The van der Waals surface area contributed by atoms with Gasteiger partial charge in [0.15, 0.2) is 0 Å². The lowest BCUT2D eigenvalue weighted by atomic mass is 10.3. The van der Waals surface area contributed by atoms with E-state index in [9.17, 15) is 0 Å². The molecule has 0 aliphatic rings. The predicted octanol–water partition coefficient (Wildman–Crippen LogP) is 4.10. The minimum atomic E-state index is 0.579. The SMILES string of the molecule is COc1cccc(OCc2csc(Br)c2)c1. The van der Waals surface area contributed by atoms with Gasteiger partial charge in [-0.05, 0) is 39.5 Å². The van der Waals surface area contributed by atoms with Crippen LogP contribution in [0, 0.1) is 0 Å². The molecule has 1 aromatic heterocycles. The van der Waals surface area contributed by atoms with Crippen LogP contribution in [0.5, 0.6) is 11.5 Å². The molecule has 0 atom stereocenters. The van der Waals surface area contributed by atoms with Crippen LogP contribution < -0.4 is 9.47 Å². The number of ether oxygens (including phenoxy) is 2. The molecule has 4 heteroatoms. The minimum Gasteiger partial charge on any atom is -0.497 e. The van der Waals surface area contributed by atoms with Crippen LogP contribution >= 0.6 is 27.3 Å². The average molecular weight is 299 g/mol. The zero-order valence-electron chi connectivity index (χ0n) is 8.77. The van der Waals surface area contributed by atoms with Gasteiger partial charge in [0.25, 0.3) is 0 Å². The highest BCUT2D eigenvalue weighted by Gasteiger charge is 2.00. The highest BCUT2D eigenvalue weighted by molar-refractivity contribution is 9.11. The Balaban J connectivity index is 1.99. The van der Waals surface area contributed by atoms with Gasteiger partial charge < -0.3 is 9.47 Å². The van der Waals surface area contributed by atoms with Gasteiger partial charge in [-0.1, -0.05) is 6.07 Å². The molecular formula is C12H11BrO2S. The molecule has 2 aromatic rings. The highest BCUT2D eigenvalue weighted by atomic mass is 79.9. The van der Waals surface area contributed by atoms with Crippen molar-refractivity contribution in [1.82, 2.24) is 0 Å². The molecule has 0 amide bonds. The molecule has 0 saturated heterocycles. The van der Waals surface area contributed by atoms with Crippen molar-refractivity contribution in [2.45, 2.75) is 6.61 Å². The van der Waals surface area contributed by atoms with Gasteiger partial charge in [-0.2, -0.15) is 0 Å². The molecule has 0 fully saturated rings. The van der Waals surface area contributed by atoms with Crippen LogP contribution in [0.3, 0.4) is 0 Å². The van der Waals surface area contributed by atoms with E-state index in [-0.39, 0.29) is 0 Å². The van der Waals surface area contributed by atoms with Gasteiger partial charge in [0.05, 0.1) is 10.9 Å². The van der Waals surface area contributed by atoms with Gasteiger partial charge in [0, 0.05) is 11.6 Å².